The van der Waals surface area contributed by atoms with Crippen molar-refractivity contribution in [2.24, 2.45) is 0 Å². The number of hydrogen-bond donors (Lipinski definition) is 2. The van der Waals surface area contributed by atoms with Crippen LogP contribution >= 0.6 is 0 Å². The third kappa shape index (κ3) is 7.43. The number of carbonyl (C=O) groups is 1. The first kappa shape index (κ1) is 21.0. The fourth-order valence-electron chi connectivity index (χ4n) is 3.13. The van der Waals surface area contributed by atoms with E-state index in [2.05, 4.69) is 5.32 Å². The largest absolute Gasteiger partial charge is 0.481 e. The minimum absolute atomic E-state index is 0.0424. The monoisotopic (exact) mass is 379 g/mol. The van der Waals surface area contributed by atoms with Crippen molar-refractivity contribution in [3.63, 3.8) is 0 Å². The van der Waals surface area contributed by atoms with E-state index in [1.54, 1.807) is 6.07 Å². The Labute approximate surface area is 157 Å². The molecule has 3 nitrogen and oxygen atoms in total. The number of rotatable bonds is 9. The molecule has 2 aromatic rings. The van der Waals surface area contributed by atoms with E-state index in [-0.39, 0.29) is 18.5 Å². The van der Waals surface area contributed by atoms with Gasteiger partial charge < -0.3 is 10.4 Å². The van der Waals surface area contributed by atoms with E-state index in [0.717, 1.165) is 11.6 Å². The van der Waals surface area contributed by atoms with Crippen LogP contribution in [0.3, 0.4) is 0 Å². The first-order valence-corrected chi connectivity index (χ1v) is 8.92. The highest BCUT2D eigenvalue weighted by molar-refractivity contribution is 5.66. The van der Waals surface area contributed by atoms with Gasteiger partial charge in [-0.3, -0.25) is 4.79 Å². The molecular formula is C21H24F3NO2. The predicted molar refractivity (Wildman–Crippen MR) is 98.5 cm³/mol. The Morgan fingerprint density at radius 3 is 2.33 bits per heavy atom. The number of hydrogen-bond acceptors (Lipinski definition) is 2. The molecule has 2 atom stereocenters. The van der Waals surface area contributed by atoms with E-state index in [4.69, 9.17) is 5.11 Å². The number of alkyl halides is 3. The fraction of sp³-hybridized carbons (Fsp3) is 0.381. The van der Waals surface area contributed by atoms with Crippen LogP contribution in [0.1, 0.15) is 36.5 Å². The van der Waals surface area contributed by atoms with E-state index in [1.165, 1.54) is 12.1 Å². The van der Waals surface area contributed by atoms with Crippen LogP contribution in [0.4, 0.5) is 13.2 Å². The quantitative estimate of drug-likeness (QED) is 0.664. The smallest absolute Gasteiger partial charge is 0.416 e. The lowest BCUT2D eigenvalue weighted by Crippen LogP contribution is -2.39. The molecule has 0 fully saturated rings. The molecule has 0 bridgehead atoms. The van der Waals surface area contributed by atoms with Gasteiger partial charge >= 0.3 is 12.1 Å². The van der Waals surface area contributed by atoms with Crippen LogP contribution in [-0.4, -0.2) is 23.2 Å². The molecule has 0 heterocycles. The standard InChI is InChI=1S/C21H24F3NO2/c1-15(12-17-8-5-9-18(13-17)21(22,23)24)25-19(10-11-20(26)27)14-16-6-3-2-4-7-16/h2-9,13,15,19,25H,10-12,14H2,1H3,(H,26,27). The van der Waals surface area contributed by atoms with Crippen LogP contribution in [0, 0.1) is 0 Å². The highest BCUT2D eigenvalue weighted by Gasteiger charge is 2.30. The number of halogens is 3. The molecule has 0 aliphatic heterocycles. The Bertz CT molecular complexity index is 732. The molecule has 2 N–H and O–H groups in total. The molecule has 6 heteroatoms. The third-order valence-electron chi connectivity index (χ3n) is 4.35. The summed E-state index contributed by atoms with van der Waals surface area (Å²) in [5, 5.41) is 12.4. The molecule has 2 aromatic carbocycles. The average molecular weight is 379 g/mol. The number of aliphatic carboxylic acids is 1. The second-order valence-corrected chi connectivity index (χ2v) is 6.79. The summed E-state index contributed by atoms with van der Waals surface area (Å²) in [6.07, 6.45) is -2.76. The fourth-order valence-corrected chi connectivity index (χ4v) is 3.13. The normalized spacial score (nSPS) is 13.9. The average Bonchev–Trinajstić information content (AvgIpc) is 2.60. The molecule has 2 rings (SSSR count). The van der Waals surface area contributed by atoms with Crippen molar-refractivity contribution in [2.45, 2.75) is 50.9 Å². The Kier molecular flexibility index (Phi) is 7.42. The molecule has 146 valence electrons. The summed E-state index contributed by atoms with van der Waals surface area (Å²) in [6, 6.07) is 14.9. The molecule has 0 aliphatic carbocycles. The van der Waals surface area contributed by atoms with Crippen LogP contribution in [0.25, 0.3) is 0 Å². The van der Waals surface area contributed by atoms with Crippen molar-refractivity contribution in [3.8, 4) is 0 Å². The SMILES string of the molecule is CC(Cc1cccc(C(F)(F)F)c1)NC(CCC(=O)O)Cc1ccccc1. The van der Waals surface area contributed by atoms with Gasteiger partial charge in [-0.2, -0.15) is 13.2 Å². The van der Waals surface area contributed by atoms with Gasteiger partial charge in [0.05, 0.1) is 5.56 Å². The first-order valence-electron chi connectivity index (χ1n) is 8.92. The topological polar surface area (TPSA) is 49.3 Å². The summed E-state index contributed by atoms with van der Waals surface area (Å²) in [5.74, 6) is -0.861. The maximum Gasteiger partial charge on any atom is 0.416 e. The molecule has 0 aromatic heterocycles. The summed E-state index contributed by atoms with van der Waals surface area (Å²) in [6.45, 7) is 1.90. The lowest BCUT2D eigenvalue weighted by Gasteiger charge is -2.23. The van der Waals surface area contributed by atoms with Crippen LogP contribution in [0.15, 0.2) is 54.6 Å². The van der Waals surface area contributed by atoms with Gasteiger partial charge in [0.25, 0.3) is 0 Å². The van der Waals surface area contributed by atoms with E-state index in [0.29, 0.717) is 24.8 Å². The Morgan fingerprint density at radius 1 is 1.04 bits per heavy atom. The van der Waals surface area contributed by atoms with Gasteiger partial charge in [0, 0.05) is 18.5 Å². The van der Waals surface area contributed by atoms with Crippen molar-refractivity contribution in [1.29, 1.82) is 0 Å². The molecule has 0 radical (unpaired) electrons. The molecular weight excluding hydrogens is 355 g/mol. The van der Waals surface area contributed by atoms with Crippen molar-refractivity contribution in [2.75, 3.05) is 0 Å². The van der Waals surface area contributed by atoms with Crippen molar-refractivity contribution in [1.82, 2.24) is 5.32 Å². The minimum Gasteiger partial charge on any atom is -0.481 e. The first-order chi connectivity index (χ1) is 12.7. The zero-order chi connectivity index (χ0) is 19.9. The van der Waals surface area contributed by atoms with Gasteiger partial charge in [0.2, 0.25) is 0 Å². The van der Waals surface area contributed by atoms with Gasteiger partial charge in [-0.25, -0.2) is 0 Å². The highest BCUT2D eigenvalue weighted by atomic mass is 19.4. The van der Waals surface area contributed by atoms with Crippen molar-refractivity contribution < 1.29 is 23.1 Å². The summed E-state index contributed by atoms with van der Waals surface area (Å²) >= 11 is 0. The second kappa shape index (κ2) is 9.55. The van der Waals surface area contributed by atoms with Crippen molar-refractivity contribution >= 4 is 5.97 Å². The van der Waals surface area contributed by atoms with Crippen LogP contribution in [0.5, 0.6) is 0 Å². The molecule has 0 amide bonds. The summed E-state index contributed by atoms with van der Waals surface area (Å²) in [5.41, 5.74) is 1.03. The van der Waals surface area contributed by atoms with E-state index < -0.39 is 17.7 Å². The Balaban J connectivity index is 2.01. The van der Waals surface area contributed by atoms with Crippen LogP contribution in [0.2, 0.25) is 0 Å². The molecule has 2 unspecified atom stereocenters. The number of benzene rings is 2. The lowest BCUT2D eigenvalue weighted by atomic mass is 9.99. The predicted octanol–water partition coefficient (Wildman–Crippen LogP) is 4.70. The van der Waals surface area contributed by atoms with Crippen molar-refractivity contribution in [3.05, 3.63) is 71.3 Å². The summed E-state index contributed by atoms with van der Waals surface area (Å²) < 4.78 is 38.6. The summed E-state index contributed by atoms with van der Waals surface area (Å²) in [7, 11) is 0. The molecule has 0 spiro atoms. The zero-order valence-electron chi connectivity index (χ0n) is 15.2. The summed E-state index contributed by atoms with van der Waals surface area (Å²) in [4.78, 5) is 10.9. The number of nitrogens with one attached hydrogen (secondary N) is 1. The molecule has 0 aliphatic rings. The van der Waals surface area contributed by atoms with E-state index in [9.17, 15) is 18.0 Å². The van der Waals surface area contributed by atoms with Gasteiger partial charge in [0.15, 0.2) is 0 Å². The van der Waals surface area contributed by atoms with Gasteiger partial charge in [-0.15, -0.1) is 0 Å². The van der Waals surface area contributed by atoms with Gasteiger partial charge in [-0.1, -0.05) is 48.5 Å². The highest BCUT2D eigenvalue weighted by Crippen LogP contribution is 2.29. The van der Waals surface area contributed by atoms with E-state index >= 15 is 0 Å². The Morgan fingerprint density at radius 2 is 1.70 bits per heavy atom. The number of carboxylic acids is 1. The lowest BCUT2D eigenvalue weighted by molar-refractivity contribution is -0.138. The van der Waals surface area contributed by atoms with Crippen LogP contribution < -0.4 is 5.32 Å². The second-order valence-electron chi connectivity index (χ2n) is 6.79. The van der Waals surface area contributed by atoms with Gasteiger partial charge in [-0.05, 0) is 43.4 Å². The van der Waals surface area contributed by atoms with Gasteiger partial charge in [0.1, 0.15) is 0 Å². The minimum atomic E-state index is -4.36. The van der Waals surface area contributed by atoms with E-state index in [1.807, 2.05) is 37.3 Å². The molecule has 0 saturated carbocycles. The molecule has 0 saturated heterocycles. The maximum absolute atomic E-state index is 12.9. The zero-order valence-corrected chi connectivity index (χ0v) is 15.2. The number of carboxylic acid groups (broad SMARTS) is 1. The van der Waals surface area contributed by atoms with Crippen LogP contribution in [-0.2, 0) is 23.8 Å². The molecule has 27 heavy (non-hydrogen) atoms. The third-order valence-corrected chi connectivity index (χ3v) is 4.35. The Hall–Kier alpha value is -2.34. The maximum atomic E-state index is 12.9.